The van der Waals surface area contributed by atoms with Crippen LogP contribution in [0.2, 0.25) is 0 Å². The van der Waals surface area contributed by atoms with Gasteiger partial charge in [0.2, 0.25) is 5.91 Å². The minimum absolute atomic E-state index is 0. The van der Waals surface area contributed by atoms with Crippen molar-refractivity contribution in [1.82, 2.24) is 0 Å². The van der Waals surface area contributed by atoms with Crippen LogP contribution < -0.4 is 33.6 Å². The second kappa shape index (κ2) is 10.3. The second-order valence-electron chi connectivity index (χ2n) is 9.14. The van der Waals surface area contributed by atoms with Gasteiger partial charge in [-0.1, -0.05) is 36.4 Å². The lowest BCUT2D eigenvalue weighted by Crippen LogP contribution is -3.00. The van der Waals surface area contributed by atoms with E-state index >= 15 is 0 Å². The molecule has 168 valence electrons. The SMILES string of the molecule is CN1C(=O)CCc2ccc(OCC(O)C[N+]3(C)CCC(c4ccccc4)CC3)cc21.[I-]. The molecule has 1 atom stereocenters. The molecule has 31 heavy (non-hydrogen) atoms. The highest BCUT2D eigenvalue weighted by Crippen LogP contribution is 2.32. The van der Waals surface area contributed by atoms with Crippen molar-refractivity contribution in [2.45, 2.75) is 37.7 Å². The van der Waals surface area contributed by atoms with Gasteiger partial charge in [-0.2, -0.15) is 0 Å². The molecule has 5 nitrogen and oxygen atoms in total. The summed E-state index contributed by atoms with van der Waals surface area (Å²) in [7, 11) is 4.05. The van der Waals surface area contributed by atoms with Gasteiger partial charge in [0.1, 0.15) is 25.0 Å². The van der Waals surface area contributed by atoms with Crippen LogP contribution in [0.15, 0.2) is 48.5 Å². The molecule has 4 rings (SSSR count). The van der Waals surface area contributed by atoms with E-state index in [0.29, 0.717) is 24.6 Å². The van der Waals surface area contributed by atoms with E-state index in [-0.39, 0.29) is 36.5 Å². The zero-order valence-corrected chi connectivity index (χ0v) is 20.6. The zero-order chi connectivity index (χ0) is 21.1. The van der Waals surface area contributed by atoms with Crippen LogP contribution in [0.3, 0.4) is 0 Å². The number of aliphatic hydroxyl groups excluding tert-OH is 1. The molecule has 0 spiro atoms. The van der Waals surface area contributed by atoms with Crippen molar-refractivity contribution in [2.24, 2.45) is 0 Å². The third-order valence-corrected chi connectivity index (χ3v) is 6.80. The van der Waals surface area contributed by atoms with Crippen LogP contribution in [-0.2, 0) is 11.2 Å². The van der Waals surface area contributed by atoms with Crippen LogP contribution in [-0.4, -0.2) is 61.9 Å². The van der Waals surface area contributed by atoms with E-state index in [1.165, 1.54) is 11.1 Å². The van der Waals surface area contributed by atoms with Gasteiger partial charge in [-0.25, -0.2) is 0 Å². The number of piperidine rings is 1. The Hall–Kier alpha value is -1.64. The number of fused-ring (bicyclic) bond motifs is 1. The summed E-state index contributed by atoms with van der Waals surface area (Å²) >= 11 is 0. The molecule has 2 aliphatic rings. The van der Waals surface area contributed by atoms with Gasteiger partial charge in [-0.15, -0.1) is 0 Å². The third kappa shape index (κ3) is 5.79. The molecule has 1 amide bonds. The Labute approximate surface area is 202 Å². The van der Waals surface area contributed by atoms with E-state index in [4.69, 9.17) is 4.74 Å². The molecule has 2 aromatic carbocycles. The number of rotatable bonds is 6. The van der Waals surface area contributed by atoms with E-state index in [0.717, 1.165) is 42.5 Å². The van der Waals surface area contributed by atoms with Crippen molar-refractivity contribution >= 4 is 11.6 Å². The van der Waals surface area contributed by atoms with E-state index in [1.807, 2.05) is 25.2 Å². The molecule has 1 unspecified atom stereocenters. The number of carbonyl (C=O) groups is 1. The van der Waals surface area contributed by atoms with Gasteiger partial charge in [0.05, 0.1) is 25.8 Å². The van der Waals surface area contributed by atoms with Crippen LogP contribution >= 0.6 is 0 Å². The number of hydrogen-bond acceptors (Lipinski definition) is 3. The molecular formula is C25H33IN2O3. The molecule has 0 aliphatic carbocycles. The third-order valence-electron chi connectivity index (χ3n) is 6.80. The number of ether oxygens (including phenoxy) is 1. The zero-order valence-electron chi connectivity index (χ0n) is 18.5. The highest BCUT2D eigenvalue weighted by Gasteiger charge is 2.32. The summed E-state index contributed by atoms with van der Waals surface area (Å²) in [5, 5.41) is 10.6. The average molecular weight is 536 g/mol. The predicted octanol–water partition coefficient (Wildman–Crippen LogP) is 0.364. The first kappa shape index (κ1) is 24.0. The Kier molecular flexibility index (Phi) is 7.99. The minimum atomic E-state index is -0.515. The monoisotopic (exact) mass is 536 g/mol. The highest BCUT2D eigenvalue weighted by atomic mass is 127. The number of likely N-dealkylation sites (tertiary alicyclic amines) is 1. The van der Waals surface area contributed by atoms with Crippen LogP contribution in [0.4, 0.5) is 5.69 Å². The first-order chi connectivity index (χ1) is 14.4. The number of anilines is 1. The summed E-state index contributed by atoms with van der Waals surface area (Å²) in [6.45, 7) is 3.11. The fourth-order valence-corrected chi connectivity index (χ4v) is 4.89. The standard InChI is InChI=1S/C25H33N2O3.HI/c1-26-24-16-23(10-8-21(24)9-11-25(26)29)30-18-22(28)17-27(2)14-12-20(13-15-27)19-6-4-3-5-7-19;/h3-8,10,16,20,22,28H,9,11-15,17-18H2,1-2H3;1H/q+1;/p-1. The van der Waals surface area contributed by atoms with Gasteiger partial charge in [0.25, 0.3) is 0 Å². The fourth-order valence-electron chi connectivity index (χ4n) is 4.89. The van der Waals surface area contributed by atoms with Crippen molar-refractivity contribution < 1.29 is 43.1 Å². The Morgan fingerprint density at radius 1 is 1.13 bits per heavy atom. The lowest BCUT2D eigenvalue weighted by atomic mass is 9.88. The van der Waals surface area contributed by atoms with Crippen molar-refractivity contribution in [3.05, 3.63) is 59.7 Å². The lowest BCUT2D eigenvalue weighted by molar-refractivity contribution is -0.917. The van der Waals surface area contributed by atoms with Crippen LogP contribution in [0.5, 0.6) is 5.75 Å². The summed E-state index contributed by atoms with van der Waals surface area (Å²) in [4.78, 5) is 13.6. The van der Waals surface area contributed by atoms with Gasteiger partial charge < -0.3 is 43.2 Å². The number of amides is 1. The molecule has 0 radical (unpaired) electrons. The summed E-state index contributed by atoms with van der Waals surface area (Å²) in [6, 6.07) is 16.7. The van der Waals surface area contributed by atoms with Crippen LogP contribution in [0.25, 0.3) is 0 Å². The van der Waals surface area contributed by atoms with Gasteiger partial charge in [-0.05, 0) is 29.5 Å². The molecule has 1 fully saturated rings. The van der Waals surface area contributed by atoms with Crippen molar-refractivity contribution in [2.75, 3.05) is 45.2 Å². The van der Waals surface area contributed by atoms with Gasteiger partial charge in [0, 0.05) is 32.4 Å². The van der Waals surface area contributed by atoms with Crippen LogP contribution in [0, 0.1) is 0 Å². The fraction of sp³-hybridized carbons (Fsp3) is 0.480. The van der Waals surface area contributed by atoms with Gasteiger partial charge >= 0.3 is 0 Å². The number of halogens is 1. The topological polar surface area (TPSA) is 49.8 Å². The summed E-state index contributed by atoms with van der Waals surface area (Å²) in [5.74, 6) is 1.47. The molecular weight excluding hydrogens is 503 g/mol. The number of nitrogens with zero attached hydrogens (tertiary/aromatic N) is 2. The molecule has 2 aromatic rings. The molecule has 0 aromatic heterocycles. The Morgan fingerprint density at radius 3 is 2.55 bits per heavy atom. The maximum Gasteiger partial charge on any atom is 0.227 e. The normalized spacial score (nSPS) is 24.2. The highest BCUT2D eigenvalue weighted by molar-refractivity contribution is 5.96. The van der Waals surface area contributed by atoms with Crippen LogP contribution in [0.1, 0.15) is 36.3 Å². The Morgan fingerprint density at radius 2 is 1.84 bits per heavy atom. The average Bonchev–Trinajstić information content (AvgIpc) is 2.76. The first-order valence-corrected chi connectivity index (χ1v) is 11.0. The number of carbonyl (C=O) groups excluding carboxylic acids is 1. The van der Waals surface area contributed by atoms with Gasteiger partial charge in [0.15, 0.2) is 0 Å². The molecule has 0 bridgehead atoms. The number of aliphatic hydroxyl groups is 1. The van der Waals surface area contributed by atoms with Crippen molar-refractivity contribution in [3.8, 4) is 5.75 Å². The van der Waals surface area contributed by atoms with E-state index in [2.05, 4.69) is 37.4 Å². The number of quaternary nitrogens is 1. The smallest absolute Gasteiger partial charge is 0.227 e. The summed E-state index contributed by atoms with van der Waals surface area (Å²) in [5.41, 5.74) is 3.52. The number of benzene rings is 2. The lowest BCUT2D eigenvalue weighted by Gasteiger charge is -2.41. The first-order valence-electron chi connectivity index (χ1n) is 11.0. The molecule has 2 aliphatic heterocycles. The summed E-state index contributed by atoms with van der Waals surface area (Å²) < 4.78 is 6.78. The molecule has 0 saturated carbocycles. The largest absolute Gasteiger partial charge is 1.00 e. The molecule has 2 heterocycles. The molecule has 1 N–H and O–H groups in total. The Bertz CT molecular complexity index is 882. The minimum Gasteiger partial charge on any atom is -1.00 e. The second-order valence-corrected chi connectivity index (χ2v) is 9.14. The number of hydrogen-bond donors (Lipinski definition) is 1. The maximum absolute atomic E-state index is 11.9. The van der Waals surface area contributed by atoms with E-state index in [9.17, 15) is 9.90 Å². The number of aryl methyl sites for hydroxylation is 1. The van der Waals surface area contributed by atoms with Crippen molar-refractivity contribution in [3.63, 3.8) is 0 Å². The maximum atomic E-state index is 11.9. The summed E-state index contributed by atoms with van der Waals surface area (Å²) in [6.07, 6.45) is 3.13. The number of likely N-dealkylation sites (N-methyl/N-ethyl adjacent to an activating group) is 1. The van der Waals surface area contributed by atoms with Gasteiger partial charge in [-0.3, -0.25) is 4.79 Å². The van der Waals surface area contributed by atoms with E-state index in [1.54, 1.807) is 4.90 Å². The molecule has 1 saturated heterocycles. The molecule has 6 heteroatoms. The van der Waals surface area contributed by atoms with Crippen molar-refractivity contribution in [1.29, 1.82) is 0 Å². The predicted molar refractivity (Wildman–Crippen MR) is 119 cm³/mol. The quantitative estimate of drug-likeness (QED) is 0.429. The Balaban J connectivity index is 0.00000272. The van der Waals surface area contributed by atoms with E-state index < -0.39 is 6.10 Å².